The highest BCUT2D eigenvalue weighted by molar-refractivity contribution is 5.85. The van der Waals surface area contributed by atoms with Crippen LogP contribution in [0.15, 0.2) is 21.6 Å². The van der Waals surface area contributed by atoms with Crippen LogP contribution in [-0.4, -0.2) is 24.3 Å². The Bertz CT molecular complexity index is 263. The summed E-state index contributed by atoms with van der Waals surface area (Å²) in [5.41, 5.74) is 1.21. The molecule has 0 aromatic rings. The van der Waals surface area contributed by atoms with E-state index in [4.69, 9.17) is 0 Å². The van der Waals surface area contributed by atoms with Crippen LogP contribution in [0.1, 0.15) is 13.8 Å². The number of rotatable bonds is 0. The molecular formula is C8H11N3. The molecule has 0 bridgehead atoms. The SMILES string of the molecule is CC1=CC2NC(C)=NC2N=C1. The zero-order valence-corrected chi connectivity index (χ0v) is 6.70. The van der Waals surface area contributed by atoms with E-state index in [1.807, 2.05) is 13.1 Å². The first kappa shape index (κ1) is 6.58. The van der Waals surface area contributed by atoms with Crippen LogP contribution in [0, 0.1) is 0 Å². The molecule has 2 aliphatic rings. The summed E-state index contributed by atoms with van der Waals surface area (Å²) in [4.78, 5) is 8.59. The molecule has 0 radical (unpaired) electrons. The lowest BCUT2D eigenvalue weighted by molar-refractivity contribution is 0.623. The minimum absolute atomic E-state index is 0.0960. The average molecular weight is 149 g/mol. The van der Waals surface area contributed by atoms with Crippen LogP contribution in [0.4, 0.5) is 0 Å². The molecule has 58 valence electrons. The Morgan fingerprint density at radius 3 is 3.09 bits per heavy atom. The second-order valence-electron chi connectivity index (χ2n) is 2.99. The van der Waals surface area contributed by atoms with Crippen molar-refractivity contribution in [2.24, 2.45) is 9.98 Å². The highest BCUT2D eigenvalue weighted by Crippen LogP contribution is 2.14. The second-order valence-corrected chi connectivity index (χ2v) is 2.99. The van der Waals surface area contributed by atoms with E-state index in [0.717, 1.165) is 5.84 Å². The molecule has 2 heterocycles. The Labute approximate surface area is 65.9 Å². The predicted octanol–water partition coefficient (Wildman–Crippen LogP) is 0.733. The smallest absolute Gasteiger partial charge is 0.165 e. The van der Waals surface area contributed by atoms with E-state index >= 15 is 0 Å². The number of nitrogens with zero attached hydrogens (tertiary/aromatic N) is 2. The van der Waals surface area contributed by atoms with Gasteiger partial charge in [0.1, 0.15) is 0 Å². The van der Waals surface area contributed by atoms with Gasteiger partial charge in [-0.25, -0.2) is 4.99 Å². The topological polar surface area (TPSA) is 36.8 Å². The second kappa shape index (κ2) is 2.19. The quantitative estimate of drug-likeness (QED) is 0.541. The molecule has 2 aliphatic heterocycles. The van der Waals surface area contributed by atoms with Crippen LogP contribution in [0.5, 0.6) is 0 Å². The van der Waals surface area contributed by atoms with Gasteiger partial charge >= 0.3 is 0 Å². The molecule has 0 aromatic heterocycles. The fraction of sp³-hybridized carbons (Fsp3) is 0.500. The van der Waals surface area contributed by atoms with Gasteiger partial charge in [-0.15, -0.1) is 0 Å². The molecule has 3 nitrogen and oxygen atoms in total. The molecule has 0 aromatic carbocycles. The molecule has 2 rings (SSSR count). The lowest BCUT2D eigenvalue weighted by Crippen LogP contribution is -2.33. The van der Waals surface area contributed by atoms with Crippen molar-refractivity contribution in [2.45, 2.75) is 26.1 Å². The van der Waals surface area contributed by atoms with Gasteiger partial charge in [-0.3, -0.25) is 4.99 Å². The number of aliphatic imine (C=N–C) groups is 2. The number of dihydropyridines is 1. The standard InChI is InChI=1S/C8H11N3/c1-5-3-7-8(9-4-5)11-6(2)10-7/h3-4,7-8H,1-2H3,(H,10,11). The fourth-order valence-electron chi connectivity index (χ4n) is 1.41. The number of allylic oxidation sites excluding steroid dienone is 1. The van der Waals surface area contributed by atoms with Gasteiger partial charge in [-0.05, 0) is 19.4 Å². The van der Waals surface area contributed by atoms with Crippen molar-refractivity contribution in [3.63, 3.8) is 0 Å². The van der Waals surface area contributed by atoms with Crippen LogP contribution in [0.3, 0.4) is 0 Å². The van der Waals surface area contributed by atoms with Gasteiger partial charge in [0.05, 0.1) is 11.9 Å². The molecule has 0 saturated heterocycles. The van der Waals surface area contributed by atoms with Crippen LogP contribution >= 0.6 is 0 Å². The maximum atomic E-state index is 4.31. The lowest BCUT2D eigenvalue weighted by Gasteiger charge is -2.15. The van der Waals surface area contributed by atoms with E-state index < -0.39 is 0 Å². The summed E-state index contributed by atoms with van der Waals surface area (Å²) in [7, 11) is 0. The number of hydrogen-bond donors (Lipinski definition) is 1. The summed E-state index contributed by atoms with van der Waals surface area (Å²) in [6, 6.07) is 0.306. The molecule has 0 saturated carbocycles. The molecule has 11 heavy (non-hydrogen) atoms. The van der Waals surface area contributed by atoms with E-state index in [9.17, 15) is 0 Å². The summed E-state index contributed by atoms with van der Waals surface area (Å²) >= 11 is 0. The summed E-state index contributed by atoms with van der Waals surface area (Å²) in [6.45, 7) is 4.02. The lowest BCUT2D eigenvalue weighted by atomic mass is 10.1. The number of amidine groups is 1. The molecule has 3 heteroatoms. The zero-order chi connectivity index (χ0) is 7.84. The van der Waals surface area contributed by atoms with E-state index in [1.54, 1.807) is 0 Å². The van der Waals surface area contributed by atoms with Crippen molar-refractivity contribution >= 4 is 12.1 Å². The minimum Gasteiger partial charge on any atom is -0.364 e. The van der Waals surface area contributed by atoms with E-state index in [0.29, 0.717) is 6.04 Å². The minimum atomic E-state index is 0.0960. The number of hydrogen-bond acceptors (Lipinski definition) is 3. The zero-order valence-electron chi connectivity index (χ0n) is 6.70. The first-order valence-electron chi connectivity index (χ1n) is 3.78. The van der Waals surface area contributed by atoms with Crippen LogP contribution in [-0.2, 0) is 0 Å². The molecule has 2 unspecified atom stereocenters. The number of fused-ring (bicyclic) bond motifs is 1. The monoisotopic (exact) mass is 149 g/mol. The third-order valence-electron chi connectivity index (χ3n) is 1.90. The van der Waals surface area contributed by atoms with Crippen molar-refractivity contribution < 1.29 is 0 Å². The number of nitrogens with one attached hydrogen (secondary N) is 1. The van der Waals surface area contributed by atoms with E-state index in [2.05, 4.69) is 28.3 Å². The van der Waals surface area contributed by atoms with Gasteiger partial charge in [-0.1, -0.05) is 6.08 Å². The highest BCUT2D eigenvalue weighted by atomic mass is 15.2. The first-order chi connectivity index (χ1) is 5.25. The maximum Gasteiger partial charge on any atom is 0.165 e. The normalized spacial score (nSPS) is 34.0. The van der Waals surface area contributed by atoms with Gasteiger partial charge in [-0.2, -0.15) is 0 Å². The van der Waals surface area contributed by atoms with Crippen molar-refractivity contribution in [1.29, 1.82) is 0 Å². The average Bonchev–Trinajstić information content (AvgIpc) is 2.27. The van der Waals surface area contributed by atoms with Crippen molar-refractivity contribution in [1.82, 2.24) is 5.32 Å². The Kier molecular flexibility index (Phi) is 1.31. The Hall–Kier alpha value is -1.12. The summed E-state index contributed by atoms with van der Waals surface area (Å²) in [5, 5.41) is 3.25. The Morgan fingerprint density at radius 1 is 1.45 bits per heavy atom. The Balaban J connectivity index is 2.25. The molecule has 2 atom stereocenters. The Morgan fingerprint density at radius 2 is 2.27 bits per heavy atom. The predicted molar refractivity (Wildman–Crippen MR) is 46.1 cm³/mol. The summed E-state index contributed by atoms with van der Waals surface area (Å²) in [5.74, 6) is 0.989. The van der Waals surface area contributed by atoms with Gasteiger partial charge in [0.25, 0.3) is 0 Å². The van der Waals surface area contributed by atoms with Gasteiger partial charge in [0, 0.05) is 6.21 Å². The highest BCUT2D eigenvalue weighted by Gasteiger charge is 2.25. The molecule has 1 N–H and O–H groups in total. The molecular weight excluding hydrogens is 138 g/mol. The van der Waals surface area contributed by atoms with Crippen LogP contribution in [0.25, 0.3) is 0 Å². The summed E-state index contributed by atoms with van der Waals surface area (Å²) < 4.78 is 0. The van der Waals surface area contributed by atoms with Crippen molar-refractivity contribution in [2.75, 3.05) is 0 Å². The van der Waals surface area contributed by atoms with E-state index in [-0.39, 0.29) is 6.17 Å². The van der Waals surface area contributed by atoms with Gasteiger partial charge < -0.3 is 5.32 Å². The van der Waals surface area contributed by atoms with Gasteiger partial charge in [0.15, 0.2) is 6.17 Å². The van der Waals surface area contributed by atoms with Gasteiger partial charge in [0.2, 0.25) is 0 Å². The summed E-state index contributed by atoms with van der Waals surface area (Å²) in [6.07, 6.45) is 4.14. The largest absolute Gasteiger partial charge is 0.364 e. The fourth-order valence-corrected chi connectivity index (χ4v) is 1.41. The van der Waals surface area contributed by atoms with Crippen LogP contribution < -0.4 is 5.32 Å². The molecule has 0 aliphatic carbocycles. The third-order valence-corrected chi connectivity index (χ3v) is 1.90. The third kappa shape index (κ3) is 1.06. The van der Waals surface area contributed by atoms with Crippen LogP contribution in [0.2, 0.25) is 0 Å². The molecule has 0 fully saturated rings. The van der Waals surface area contributed by atoms with E-state index in [1.165, 1.54) is 5.57 Å². The van der Waals surface area contributed by atoms with Crippen molar-refractivity contribution in [3.8, 4) is 0 Å². The maximum absolute atomic E-state index is 4.31. The first-order valence-corrected chi connectivity index (χ1v) is 3.78. The van der Waals surface area contributed by atoms with Crippen molar-refractivity contribution in [3.05, 3.63) is 11.6 Å². The molecule has 0 spiro atoms. The molecule has 0 amide bonds.